The summed E-state index contributed by atoms with van der Waals surface area (Å²) in [4.78, 5) is 0. The molecule has 0 heterocycles. The van der Waals surface area contributed by atoms with E-state index in [0.29, 0.717) is 17.7 Å². The van der Waals surface area contributed by atoms with Gasteiger partial charge in [0.2, 0.25) is 0 Å². The zero-order valence-corrected chi connectivity index (χ0v) is 18.1. The molecule has 35 heavy (non-hydrogen) atoms. The van der Waals surface area contributed by atoms with Gasteiger partial charge in [0.25, 0.3) is 0 Å². The third kappa shape index (κ3) is 6.32. The summed E-state index contributed by atoms with van der Waals surface area (Å²) in [6.45, 7) is -1.69. The summed E-state index contributed by atoms with van der Waals surface area (Å²) in [5.41, 5.74) is -0.482. The van der Waals surface area contributed by atoms with Crippen LogP contribution in [0.15, 0.2) is 60.7 Å². The monoisotopic (exact) mass is 502 g/mol. The first-order valence-corrected chi connectivity index (χ1v) is 10.2. The van der Waals surface area contributed by atoms with Crippen molar-refractivity contribution in [2.24, 2.45) is 0 Å². The minimum absolute atomic E-state index is 0.0230. The second-order valence-electron chi connectivity index (χ2n) is 7.33. The van der Waals surface area contributed by atoms with E-state index in [4.69, 9.17) is 0 Å². The molecule has 0 saturated carbocycles. The van der Waals surface area contributed by atoms with Crippen molar-refractivity contribution < 1.29 is 44.6 Å². The minimum atomic E-state index is -4.70. The molecule has 3 rings (SSSR count). The first kappa shape index (κ1) is 26.1. The lowest BCUT2D eigenvalue weighted by molar-refractivity contribution is -0.189. The van der Waals surface area contributed by atoms with Crippen molar-refractivity contribution in [3.63, 3.8) is 0 Å². The summed E-state index contributed by atoms with van der Waals surface area (Å²) >= 11 is 0. The number of rotatable bonds is 9. The molecule has 0 unspecified atom stereocenters. The Hall–Kier alpha value is -3.56. The van der Waals surface area contributed by atoms with E-state index in [9.17, 15) is 35.1 Å². The first-order valence-electron chi connectivity index (χ1n) is 10.2. The second-order valence-corrected chi connectivity index (χ2v) is 7.33. The van der Waals surface area contributed by atoms with Crippen LogP contribution in [0.2, 0.25) is 0 Å². The molecule has 0 atom stereocenters. The molecule has 0 fully saturated rings. The maximum absolute atomic E-state index is 14.6. The number of hydrogen-bond donors (Lipinski definition) is 0. The maximum Gasteiger partial charge on any atom is 0.432 e. The van der Waals surface area contributed by atoms with Crippen molar-refractivity contribution in [1.29, 1.82) is 0 Å². The Kier molecular flexibility index (Phi) is 8.03. The Labute approximate surface area is 195 Å². The van der Waals surface area contributed by atoms with Gasteiger partial charge in [0, 0.05) is 12.1 Å². The van der Waals surface area contributed by atoms with Crippen LogP contribution in [0.5, 0.6) is 11.5 Å². The van der Waals surface area contributed by atoms with Crippen LogP contribution in [0.25, 0.3) is 11.1 Å². The summed E-state index contributed by atoms with van der Waals surface area (Å²) < 4.78 is 118. The van der Waals surface area contributed by atoms with Crippen molar-refractivity contribution in [2.45, 2.75) is 32.5 Å². The fourth-order valence-electron chi connectivity index (χ4n) is 3.29. The van der Waals surface area contributed by atoms with Crippen LogP contribution in [0, 0.1) is 23.3 Å². The van der Waals surface area contributed by atoms with Gasteiger partial charge < -0.3 is 9.47 Å². The normalized spacial score (nSPS) is 11.9. The summed E-state index contributed by atoms with van der Waals surface area (Å²) in [7, 11) is 0. The van der Waals surface area contributed by atoms with E-state index in [2.05, 4.69) is 9.47 Å². The molecule has 0 N–H and O–H groups in total. The molecular weight excluding hydrogens is 484 g/mol. The van der Waals surface area contributed by atoms with E-state index >= 15 is 0 Å². The van der Waals surface area contributed by atoms with Gasteiger partial charge >= 0.3 is 12.7 Å². The quantitative estimate of drug-likeness (QED) is 0.217. The molecule has 0 bridgehead atoms. The highest BCUT2D eigenvalue weighted by Crippen LogP contribution is 2.38. The molecule has 0 radical (unpaired) electrons. The highest BCUT2D eigenvalue weighted by molar-refractivity contribution is 5.64. The molecule has 2 nitrogen and oxygen atoms in total. The van der Waals surface area contributed by atoms with Gasteiger partial charge in [0.1, 0.15) is 22.9 Å². The molecular formula is C25H18F8O2. The van der Waals surface area contributed by atoms with Crippen molar-refractivity contribution in [3.8, 4) is 22.6 Å². The Morgan fingerprint density at radius 1 is 0.829 bits per heavy atom. The second kappa shape index (κ2) is 10.8. The van der Waals surface area contributed by atoms with Gasteiger partial charge in [-0.3, -0.25) is 0 Å². The Balaban J connectivity index is 1.86. The molecule has 0 aliphatic heterocycles. The average Bonchev–Trinajstić information content (AvgIpc) is 2.76. The van der Waals surface area contributed by atoms with E-state index in [1.165, 1.54) is 0 Å². The van der Waals surface area contributed by atoms with Crippen molar-refractivity contribution in [2.75, 3.05) is 0 Å². The van der Waals surface area contributed by atoms with E-state index in [1.54, 1.807) is 24.3 Å². The van der Waals surface area contributed by atoms with Gasteiger partial charge in [-0.15, -0.1) is 0 Å². The van der Waals surface area contributed by atoms with Gasteiger partial charge in [-0.05, 0) is 48.6 Å². The molecule has 0 spiro atoms. The lowest BCUT2D eigenvalue weighted by atomic mass is 10.00. The highest BCUT2D eigenvalue weighted by Gasteiger charge is 2.41. The largest absolute Gasteiger partial charge is 0.432 e. The topological polar surface area (TPSA) is 18.5 Å². The zero-order valence-electron chi connectivity index (χ0n) is 18.1. The van der Waals surface area contributed by atoms with Crippen molar-refractivity contribution >= 4 is 0 Å². The van der Waals surface area contributed by atoms with Gasteiger partial charge in [-0.2, -0.15) is 17.6 Å². The molecule has 0 amide bonds. The average molecular weight is 502 g/mol. The first-order chi connectivity index (χ1) is 16.5. The zero-order chi connectivity index (χ0) is 25.8. The summed E-state index contributed by atoms with van der Waals surface area (Å²) in [6.07, 6.45) is 0.733. The molecule has 0 saturated heterocycles. The summed E-state index contributed by atoms with van der Waals surface area (Å²) in [5.74, 6) is -9.61. The van der Waals surface area contributed by atoms with E-state index in [-0.39, 0.29) is 17.7 Å². The Morgan fingerprint density at radius 3 is 1.91 bits per heavy atom. The lowest BCUT2D eigenvalue weighted by Crippen LogP contribution is -2.25. The van der Waals surface area contributed by atoms with Crippen LogP contribution in [0.4, 0.5) is 35.1 Å². The Bertz CT molecular complexity index is 1160. The summed E-state index contributed by atoms with van der Waals surface area (Å²) in [6, 6.07) is 8.24. The van der Waals surface area contributed by atoms with Crippen molar-refractivity contribution in [3.05, 3.63) is 95.1 Å². The molecule has 3 aromatic carbocycles. The number of alkyl halides is 4. The van der Waals surface area contributed by atoms with Gasteiger partial charge in [0.05, 0.1) is 0 Å². The van der Waals surface area contributed by atoms with Crippen LogP contribution >= 0.6 is 0 Å². The third-order valence-corrected chi connectivity index (χ3v) is 4.88. The fraction of sp³-hybridized carbons (Fsp3) is 0.200. The van der Waals surface area contributed by atoms with E-state index < -0.39 is 53.1 Å². The molecule has 0 aliphatic rings. The number of aryl methyl sites for hydroxylation is 1. The Morgan fingerprint density at radius 2 is 1.40 bits per heavy atom. The number of halogens is 8. The molecule has 0 aromatic heterocycles. The maximum atomic E-state index is 14.6. The van der Waals surface area contributed by atoms with Gasteiger partial charge in [-0.1, -0.05) is 36.4 Å². The minimum Gasteiger partial charge on any atom is -0.429 e. The predicted octanol–water partition coefficient (Wildman–Crippen LogP) is 8.15. The molecule has 186 valence electrons. The van der Waals surface area contributed by atoms with Crippen LogP contribution in [-0.2, 0) is 12.5 Å². The van der Waals surface area contributed by atoms with Crippen LogP contribution < -0.4 is 9.47 Å². The highest BCUT2D eigenvalue weighted by atomic mass is 19.3. The SMILES string of the molecule is CC=CCCc1ccc(-c2cc(F)c(C(F)(F)Oc3cc(F)c(OC(F)F)c(F)c3)c(F)c2)cc1. The number of hydrogen-bond acceptors (Lipinski definition) is 2. The van der Waals surface area contributed by atoms with Crippen LogP contribution in [0.3, 0.4) is 0 Å². The van der Waals surface area contributed by atoms with Crippen LogP contribution in [-0.4, -0.2) is 6.61 Å². The van der Waals surface area contributed by atoms with Gasteiger partial charge in [-0.25, -0.2) is 17.6 Å². The third-order valence-electron chi connectivity index (χ3n) is 4.88. The standard InChI is InChI=1S/C25H18F8O2/c1-2-3-4-5-14-6-8-15(9-7-14)16-10-18(26)22(19(27)11-16)25(32,33)35-17-12-20(28)23(21(29)13-17)34-24(30)31/h2-3,6-13,24H,4-5H2,1H3. The van der Waals surface area contributed by atoms with Gasteiger partial charge in [0.15, 0.2) is 17.4 Å². The number of ether oxygens (including phenoxy) is 2. The molecule has 3 aromatic rings. The van der Waals surface area contributed by atoms with E-state index in [1.807, 2.05) is 19.1 Å². The predicted molar refractivity (Wildman–Crippen MR) is 112 cm³/mol. The number of allylic oxidation sites excluding steroid dienone is 2. The van der Waals surface area contributed by atoms with Crippen molar-refractivity contribution in [1.82, 2.24) is 0 Å². The summed E-state index contributed by atoms with van der Waals surface area (Å²) in [5, 5.41) is 0. The smallest absolute Gasteiger partial charge is 0.429 e. The lowest BCUT2D eigenvalue weighted by Gasteiger charge is -2.20. The molecule has 10 heteroatoms. The molecule has 0 aliphatic carbocycles. The van der Waals surface area contributed by atoms with Crippen LogP contribution in [0.1, 0.15) is 24.5 Å². The fourth-order valence-corrected chi connectivity index (χ4v) is 3.29. The number of benzene rings is 3. The van der Waals surface area contributed by atoms with E-state index in [0.717, 1.165) is 18.4 Å².